The quantitative estimate of drug-likeness (QED) is 0.618. The molecule has 0 saturated heterocycles. The number of nitrogens with one attached hydrogen (secondary N) is 1. The summed E-state index contributed by atoms with van der Waals surface area (Å²) in [6.07, 6.45) is -2.31. The van der Waals surface area contributed by atoms with E-state index in [0.717, 1.165) is 0 Å². The molecule has 20 heavy (non-hydrogen) atoms. The van der Waals surface area contributed by atoms with Crippen LogP contribution < -0.4 is 5.32 Å². The molecule has 0 fully saturated rings. The lowest BCUT2D eigenvalue weighted by Gasteiger charge is -2.27. The first-order chi connectivity index (χ1) is 8.99. The van der Waals surface area contributed by atoms with Crippen molar-refractivity contribution in [1.29, 1.82) is 0 Å². The minimum atomic E-state index is -1.69. The summed E-state index contributed by atoms with van der Waals surface area (Å²) in [6, 6.07) is 0. The summed E-state index contributed by atoms with van der Waals surface area (Å²) < 4.78 is 9.64. The van der Waals surface area contributed by atoms with Gasteiger partial charge >= 0.3 is 12.1 Å². The van der Waals surface area contributed by atoms with Crippen LogP contribution in [0.15, 0.2) is 0 Å². The van der Waals surface area contributed by atoms with Crippen molar-refractivity contribution in [2.45, 2.75) is 58.3 Å². The van der Waals surface area contributed by atoms with Gasteiger partial charge in [-0.1, -0.05) is 0 Å². The van der Waals surface area contributed by atoms with Crippen LogP contribution >= 0.6 is 0 Å². The number of ether oxygens (including phenoxy) is 2. The summed E-state index contributed by atoms with van der Waals surface area (Å²) in [6.45, 7) is 8.25. The maximum Gasteiger partial charge on any atom is 0.407 e. The van der Waals surface area contributed by atoms with Crippen molar-refractivity contribution in [3.8, 4) is 0 Å². The van der Waals surface area contributed by atoms with E-state index < -0.39 is 29.4 Å². The third kappa shape index (κ3) is 7.30. The molecule has 0 aromatic carbocycles. The molecule has 0 aliphatic carbocycles. The van der Waals surface area contributed by atoms with E-state index in [9.17, 15) is 19.8 Å². The molecule has 7 nitrogen and oxygen atoms in total. The van der Waals surface area contributed by atoms with E-state index in [1.54, 1.807) is 27.7 Å². The van der Waals surface area contributed by atoms with Crippen LogP contribution in [-0.2, 0) is 14.3 Å². The molecule has 7 heteroatoms. The van der Waals surface area contributed by atoms with Crippen molar-refractivity contribution in [3.63, 3.8) is 0 Å². The first-order valence-corrected chi connectivity index (χ1v) is 6.53. The average Bonchev–Trinajstić information content (AvgIpc) is 2.25. The van der Waals surface area contributed by atoms with E-state index in [0.29, 0.717) is 0 Å². The number of carbonyl (C=O) groups excluding carboxylic acids is 2. The zero-order valence-corrected chi connectivity index (χ0v) is 12.7. The Morgan fingerprint density at radius 1 is 1.25 bits per heavy atom. The fourth-order valence-corrected chi connectivity index (χ4v) is 1.34. The second kappa shape index (κ2) is 7.44. The Morgan fingerprint density at radius 3 is 2.25 bits per heavy atom. The number of rotatable bonds is 6. The van der Waals surface area contributed by atoms with Crippen molar-refractivity contribution in [2.24, 2.45) is 0 Å². The highest BCUT2D eigenvalue weighted by Crippen LogP contribution is 2.16. The van der Waals surface area contributed by atoms with E-state index in [4.69, 9.17) is 4.74 Å². The summed E-state index contributed by atoms with van der Waals surface area (Å²) in [4.78, 5) is 22.7. The fraction of sp³-hybridized carbons (Fsp3) is 0.846. The van der Waals surface area contributed by atoms with Gasteiger partial charge in [0, 0.05) is 6.54 Å². The predicted octanol–water partition coefficient (Wildman–Crippen LogP) is 0.576. The molecule has 0 aliphatic heterocycles. The Kier molecular flexibility index (Phi) is 6.95. The first kappa shape index (κ1) is 18.7. The van der Waals surface area contributed by atoms with E-state index in [-0.39, 0.29) is 19.6 Å². The van der Waals surface area contributed by atoms with E-state index in [1.165, 1.54) is 6.92 Å². The standard InChI is InChI=1S/C13H25NO6/c1-6-19-10(16)9(15)13(5,18)7-8-14-11(17)20-12(2,3)4/h9,15,18H,6-8H2,1-5H3,(H,14,17)/t9-,13-/m1/s1. The Morgan fingerprint density at radius 2 is 1.80 bits per heavy atom. The number of hydrogen-bond acceptors (Lipinski definition) is 6. The lowest BCUT2D eigenvalue weighted by atomic mass is 9.95. The minimum absolute atomic E-state index is 0.0216. The van der Waals surface area contributed by atoms with Crippen LogP contribution in [0.3, 0.4) is 0 Å². The van der Waals surface area contributed by atoms with Crippen molar-refractivity contribution in [1.82, 2.24) is 5.32 Å². The van der Waals surface area contributed by atoms with Crippen molar-refractivity contribution in [3.05, 3.63) is 0 Å². The molecular weight excluding hydrogens is 266 g/mol. The van der Waals surface area contributed by atoms with Gasteiger partial charge in [0.1, 0.15) is 11.2 Å². The minimum Gasteiger partial charge on any atom is -0.464 e. The van der Waals surface area contributed by atoms with Gasteiger partial charge in [0.15, 0.2) is 6.10 Å². The number of esters is 1. The van der Waals surface area contributed by atoms with Gasteiger partial charge < -0.3 is 25.0 Å². The number of hydrogen-bond donors (Lipinski definition) is 3. The van der Waals surface area contributed by atoms with Crippen LogP contribution in [0.4, 0.5) is 4.79 Å². The second-order valence-corrected chi connectivity index (χ2v) is 5.69. The lowest BCUT2D eigenvalue weighted by Crippen LogP contribution is -2.47. The van der Waals surface area contributed by atoms with Crippen LogP contribution in [0.2, 0.25) is 0 Å². The topological polar surface area (TPSA) is 105 Å². The van der Waals surface area contributed by atoms with E-state index in [2.05, 4.69) is 10.1 Å². The Hall–Kier alpha value is -1.34. The molecule has 0 spiro atoms. The molecular formula is C13H25NO6. The Balaban J connectivity index is 4.22. The maximum absolute atomic E-state index is 11.4. The third-order valence-corrected chi connectivity index (χ3v) is 2.40. The molecule has 2 atom stereocenters. The van der Waals surface area contributed by atoms with Crippen LogP contribution in [-0.4, -0.2) is 52.7 Å². The highest BCUT2D eigenvalue weighted by molar-refractivity contribution is 5.75. The molecule has 0 heterocycles. The first-order valence-electron chi connectivity index (χ1n) is 6.53. The Bertz CT molecular complexity index is 334. The molecule has 1 amide bonds. The SMILES string of the molecule is CCOC(=O)[C@@H](O)[C@](C)(O)CCNC(=O)OC(C)(C)C. The summed E-state index contributed by atoms with van der Waals surface area (Å²) in [5, 5.41) is 22.1. The number of amides is 1. The van der Waals surface area contributed by atoms with Gasteiger partial charge in [-0.25, -0.2) is 9.59 Å². The highest BCUT2D eigenvalue weighted by atomic mass is 16.6. The lowest BCUT2D eigenvalue weighted by molar-refractivity contribution is -0.167. The molecule has 118 valence electrons. The van der Waals surface area contributed by atoms with Crippen molar-refractivity contribution < 1.29 is 29.3 Å². The maximum atomic E-state index is 11.4. The average molecular weight is 291 g/mol. The molecule has 0 rings (SSSR count). The van der Waals surface area contributed by atoms with Crippen LogP contribution in [0.25, 0.3) is 0 Å². The van der Waals surface area contributed by atoms with Crippen LogP contribution in [0.5, 0.6) is 0 Å². The summed E-state index contributed by atoms with van der Waals surface area (Å²) in [5.41, 5.74) is -2.31. The number of carbonyl (C=O) groups is 2. The van der Waals surface area contributed by atoms with Gasteiger partial charge in [0.05, 0.1) is 6.61 Å². The summed E-state index contributed by atoms with van der Waals surface area (Å²) >= 11 is 0. The van der Waals surface area contributed by atoms with Crippen molar-refractivity contribution >= 4 is 12.1 Å². The highest BCUT2D eigenvalue weighted by Gasteiger charge is 2.36. The van der Waals surface area contributed by atoms with Gasteiger partial charge in [0.2, 0.25) is 0 Å². The van der Waals surface area contributed by atoms with Gasteiger partial charge in [0.25, 0.3) is 0 Å². The number of aliphatic hydroxyl groups is 2. The largest absolute Gasteiger partial charge is 0.464 e. The molecule has 0 bridgehead atoms. The smallest absolute Gasteiger partial charge is 0.407 e. The van der Waals surface area contributed by atoms with Crippen LogP contribution in [0, 0.1) is 0 Å². The third-order valence-electron chi connectivity index (χ3n) is 2.40. The Labute approximate surface area is 119 Å². The number of aliphatic hydroxyl groups excluding tert-OH is 1. The molecule has 0 radical (unpaired) electrons. The predicted molar refractivity (Wildman–Crippen MR) is 72.1 cm³/mol. The normalized spacial score (nSPS) is 15.9. The fourth-order valence-electron chi connectivity index (χ4n) is 1.34. The zero-order valence-electron chi connectivity index (χ0n) is 12.7. The summed E-state index contributed by atoms with van der Waals surface area (Å²) in [7, 11) is 0. The molecule has 0 aliphatic rings. The second-order valence-electron chi connectivity index (χ2n) is 5.69. The monoisotopic (exact) mass is 291 g/mol. The van der Waals surface area contributed by atoms with E-state index in [1.807, 2.05) is 0 Å². The zero-order chi connectivity index (χ0) is 16.0. The molecule has 3 N–H and O–H groups in total. The molecule has 0 unspecified atom stereocenters. The molecule has 0 aromatic heterocycles. The molecule has 0 saturated carbocycles. The van der Waals surface area contributed by atoms with Gasteiger partial charge in [-0.05, 0) is 41.0 Å². The molecule has 0 aromatic rings. The van der Waals surface area contributed by atoms with Crippen LogP contribution in [0.1, 0.15) is 41.0 Å². The van der Waals surface area contributed by atoms with Gasteiger partial charge in [-0.3, -0.25) is 0 Å². The number of alkyl carbamates (subject to hydrolysis) is 1. The van der Waals surface area contributed by atoms with Gasteiger partial charge in [-0.2, -0.15) is 0 Å². The van der Waals surface area contributed by atoms with E-state index >= 15 is 0 Å². The summed E-state index contributed by atoms with van der Waals surface area (Å²) in [5.74, 6) is -0.894. The van der Waals surface area contributed by atoms with Gasteiger partial charge in [-0.15, -0.1) is 0 Å². The van der Waals surface area contributed by atoms with Crippen molar-refractivity contribution in [2.75, 3.05) is 13.2 Å².